The molecular formula is C34H45N7O3. The molecule has 2 atom stereocenters. The van der Waals surface area contributed by atoms with E-state index < -0.39 is 5.41 Å². The van der Waals surface area contributed by atoms with Crippen LogP contribution in [-0.4, -0.2) is 62.1 Å². The summed E-state index contributed by atoms with van der Waals surface area (Å²) in [5.41, 5.74) is 11.6. The van der Waals surface area contributed by atoms with Gasteiger partial charge in [0, 0.05) is 48.2 Å². The Balaban J connectivity index is 1.43. The van der Waals surface area contributed by atoms with E-state index in [2.05, 4.69) is 28.9 Å². The number of pyridine rings is 2. The minimum atomic E-state index is -0.414. The molecule has 2 amide bonds. The van der Waals surface area contributed by atoms with E-state index in [9.17, 15) is 9.59 Å². The Morgan fingerprint density at radius 3 is 2.68 bits per heavy atom. The highest BCUT2D eigenvalue weighted by Gasteiger charge is 2.30. The van der Waals surface area contributed by atoms with Crippen molar-refractivity contribution in [1.29, 1.82) is 0 Å². The van der Waals surface area contributed by atoms with Gasteiger partial charge in [-0.25, -0.2) is 9.50 Å². The fraction of sp³-hybridized carbons (Fsp3) is 0.529. The van der Waals surface area contributed by atoms with Gasteiger partial charge in [-0.05, 0) is 63.8 Å². The number of aromatic nitrogens is 4. The first-order chi connectivity index (χ1) is 21.1. The van der Waals surface area contributed by atoms with Crippen LogP contribution in [0, 0.1) is 12.3 Å². The number of nitrogens with zero attached hydrogens (tertiary/aromatic N) is 5. The van der Waals surface area contributed by atoms with Crippen molar-refractivity contribution in [2.45, 2.75) is 91.3 Å². The van der Waals surface area contributed by atoms with Crippen LogP contribution in [0.25, 0.3) is 27.9 Å². The monoisotopic (exact) mass is 599 g/mol. The van der Waals surface area contributed by atoms with Crippen LogP contribution in [0.5, 0.6) is 5.75 Å². The molecule has 0 radical (unpaired) electrons. The zero-order chi connectivity index (χ0) is 31.2. The van der Waals surface area contributed by atoms with Gasteiger partial charge >= 0.3 is 0 Å². The number of nitrogens with two attached hydrogens (primary N) is 1. The Bertz CT molecular complexity index is 1720. The van der Waals surface area contributed by atoms with Crippen LogP contribution in [0.3, 0.4) is 0 Å². The number of likely N-dealkylation sites (tertiary alicyclic amines) is 1. The minimum Gasteiger partial charge on any atom is -0.494 e. The van der Waals surface area contributed by atoms with E-state index in [4.69, 9.17) is 20.6 Å². The lowest BCUT2D eigenvalue weighted by molar-refractivity contribution is -0.130. The molecule has 2 aliphatic rings. The fourth-order valence-electron chi connectivity index (χ4n) is 6.75. The zero-order valence-electron chi connectivity index (χ0n) is 26.7. The molecule has 6 rings (SSSR count). The Hall–Kier alpha value is -3.92. The summed E-state index contributed by atoms with van der Waals surface area (Å²) in [7, 11) is 1.63. The molecule has 10 nitrogen and oxygen atoms in total. The second-order valence-electron chi connectivity index (χ2n) is 13.3. The molecule has 6 heterocycles. The highest BCUT2D eigenvalue weighted by molar-refractivity contribution is 5.96. The number of rotatable bonds is 3. The summed E-state index contributed by atoms with van der Waals surface area (Å²) in [6.07, 6.45) is 8.66. The smallest absolute Gasteiger partial charge is 0.255 e. The van der Waals surface area contributed by atoms with Gasteiger partial charge in [-0.3, -0.25) is 9.59 Å². The Morgan fingerprint density at radius 1 is 1.11 bits per heavy atom. The summed E-state index contributed by atoms with van der Waals surface area (Å²) in [6.45, 7) is 10.2. The summed E-state index contributed by atoms with van der Waals surface area (Å²) in [6, 6.07) is 7.85. The average molecular weight is 600 g/mol. The topological polar surface area (TPSA) is 120 Å². The lowest BCUT2D eigenvalue weighted by Gasteiger charge is -2.30. The molecule has 0 aliphatic carbocycles. The van der Waals surface area contributed by atoms with Gasteiger partial charge in [-0.1, -0.05) is 33.1 Å². The third kappa shape index (κ3) is 5.56. The highest BCUT2D eigenvalue weighted by Crippen LogP contribution is 2.36. The largest absolute Gasteiger partial charge is 0.494 e. The van der Waals surface area contributed by atoms with Gasteiger partial charge < -0.3 is 25.3 Å². The molecule has 234 valence electrons. The van der Waals surface area contributed by atoms with Crippen molar-refractivity contribution in [3.8, 4) is 17.1 Å². The molecule has 0 saturated carbocycles. The van der Waals surface area contributed by atoms with E-state index in [0.29, 0.717) is 24.4 Å². The van der Waals surface area contributed by atoms with Gasteiger partial charge in [-0.15, -0.1) is 0 Å². The number of carbonyl (C=O) groups excluding carboxylic acids is 2. The van der Waals surface area contributed by atoms with Crippen molar-refractivity contribution in [2.24, 2.45) is 11.1 Å². The molecule has 0 spiro atoms. The number of amides is 2. The summed E-state index contributed by atoms with van der Waals surface area (Å²) < 4.78 is 9.88. The SMILES string of the molecule is COc1cc(C(=O)N2CCC[C@@H](N)C2)cn2nc(-c3cc4ccc5nc4n3CCCCCCC(C)(C)C(=O)N[C@@H]5C)c(C)c12. The third-order valence-electron chi connectivity index (χ3n) is 9.49. The quantitative estimate of drug-likeness (QED) is 0.326. The lowest BCUT2D eigenvalue weighted by atomic mass is 9.85. The molecule has 10 heteroatoms. The van der Waals surface area contributed by atoms with Crippen LogP contribution >= 0.6 is 0 Å². The fourth-order valence-corrected chi connectivity index (χ4v) is 6.75. The number of piperidine rings is 1. The zero-order valence-corrected chi connectivity index (χ0v) is 26.7. The first kappa shape index (κ1) is 30.1. The van der Waals surface area contributed by atoms with Crippen molar-refractivity contribution in [3.05, 3.63) is 47.3 Å². The molecule has 4 aromatic rings. The van der Waals surface area contributed by atoms with Crippen LogP contribution in [0.2, 0.25) is 0 Å². The number of aryl methyl sites for hydroxylation is 2. The van der Waals surface area contributed by atoms with E-state index >= 15 is 0 Å². The first-order valence-electron chi connectivity index (χ1n) is 16.0. The molecule has 0 unspecified atom stereocenters. The normalized spacial score (nSPS) is 21.4. The van der Waals surface area contributed by atoms with Crippen molar-refractivity contribution in [2.75, 3.05) is 20.2 Å². The molecule has 2 aliphatic heterocycles. The number of nitrogens with one attached hydrogen (secondary N) is 1. The average Bonchev–Trinajstić information content (AvgIpc) is 3.53. The molecule has 0 aromatic carbocycles. The summed E-state index contributed by atoms with van der Waals surface area (Å²) in [4.78, 5) is 33.5. The Morgan fingerprint density at radius 2 is 1.91 bits per heavy atom. The molecule has 1 fully saturated rings. The number of hydrogen-bond donors (Lipinski definition) is 2. The molecule has 2 bridgehead atoms. The predicted octanol–water partition coefficient (Wildman–Crippen LogP) is 5.40. The van der Waals surface area contributed by atoms with E-state index in [-0.39, 0.29) is 23.9 Å². The third-order valence-corrected chi connectivity index (χ3v) is 9.49. The van der Waals surface area contributed by atoms with Crippen molar-refractivity contribution in [3.63, 3.8) is 0 Å². The maximum atomic E-state index is 13.5. The van der Waals surface area contributed by atoms with E-state index in [1.807, 2.05) is 44.0 Å². The summed E-state index contributed by atoms with van der Waals surface area (Å²) >= 11 is 0. The second kappa shape index (κ2) is 11.9. The van der Waals surface area contributed by atoms with Crippen LogP contribution in [0.1, 0.15) is 93.4 Å². The summed E-state index contributed by atoms with van der Waals surface area (Å²) in [5, 5.41) is 9.28. The Kier molecular flexibility index (Phi) is 8.13. The van der Waals surface area contributed by atoms with Crippen LogP contribution < -0.4 is 15.8 Å². The standard InChI is InChI=1S/C34H45N7O3/c1-21-29(38-41-19-24(18-28(44-5)30(21)41)32(42)39-15-10-11-25(35)20-39)27-17-23-12-13-26-22(2)36-33(43)34(3,4)14-8-6-7-9-16-40(27)31(23)37-26/h12-13,17-19,22,25H,6-11,14-16,20,35H2,1-5H3,(H,36,43)/t22-,25-/m1/s1. The van der Waals surface area contributed by atoms with Crippen LogP contribution in [-0.2, 0) is 11.3 Å². The maximum Gasteiger partial charge on any atom is 0.255 e. The minimum absolute atomic E-state index is 0.00172. The van der Waals surface area contributed by atoms with Gasteiger partial charge in [0.25, 0.3) is 5.91 Å². The lowest BCUT2D eigenvalue weighted by Crippen LogP contribution is -2.45. The first-order valence-corrected chi connectivity index (χ1v) is 16.0. The molecule has 3 N–H and O–H groups in total. The van der Waals surface area contributed by atoms with Gasteiger partial charge in [0.15, 0.2) is 0 Å². The van der Waals surface area contributed by atoms with Crippen LogP contribution in [0.15, 0.2) is 30.5 Å². The predicted molar refractivity (Wildman–Crippen MR) is 172 cm³/mol. The second-order valence-corrected chi connectivity index (χ2v) is 13.3. The van der Waals surface area contributed by atoms with Crippen molar-refractivity contribution in [1.82, 2.24) is 29.4 Å². The Labute approximate surface area is 258 Å². The number of fused-ring (bicyclic) bond motifs is 2. The van der Waals surface area contributed by atoms with E-state index in [0.717, 1.165) is 90.7 Å². The highest BCUT2D eigenvalue weighted by atomic mass is 16.5. The van der Waals surface area contributed by atoms with E-state index in [1.165, 1.54) is 0 Å². The van der Waals surface area contributed by atoms with Gasteiger partial charge in [0.1, 0.15) is 22.6 Å². The number of methoxy groups -OCH3 is 1. The summed E-state index contributed by atoms with van der Waals surface area (Å²) in [5.74, 6) is 0.618. The molecule has 4 aromatic heterocycles. The number of hydrogen-bond acceptors (Lipinski definition) is 6. The molecular weight excluding hydrogens is 554 g/mol. The van der Waals surface area contributed by atoms with Crippen molar-refractivity contribution < 1.29 is 14.3 Å². The van der Waals surface area contributed by atoms with E-state index in [1.54, 1.807) is 11.6 Å². The molecule has 1 saturated heterocycles. The number of ether oxygens (including phenoxy) is 1. The van der Waals surface area contributed by atoms with Gasteiger partial charge in [0.2, 0.25) is 5.91 Å². The van der Waals surface area contributed by atoms with Crippen LogP contribution in [0.4, 0.5) is 0 Å². The maximum absolute atomic E-state index is 13.5. The molecule has 44 heavy (non-hydrogen) atoms. The van der Waals surface area contributed by atoms with Gasteiger partial charge in [0.05, 0.1) is 30.1 Å². The van der Waals surface area contributed by atoms with Gasteiger partial charge in [-0.2, -0.15) is 5.10 Å². The van der Waals surface area contributed by atoms with Crippen molar-refractivity contribution >= 4 is 28.4 Å². The number of carbonyl (C=O) groups is 2.